The summed E-state index contributed by atoms with van der Waals surface area (Å²) in [5.74, 6) is -0.784. The van der Waals surface area contributed by atoms with Crippen LogP contribution < -0.4 is 10.2 Å². The first kappa shape index (κ1) is 17.3. The van der Waals surface area contributed by atoms with Gasteiger partial charge in [-0.1, -0.05) is 24.3 Å². The van der Waals surface area contributed by atoms with Gasteiger partial charge in [0, 0.05) is 13.1 Å². The molecule has 0 radical (unpaired) electrons. The van der Waals surface area contributed by atoms with Crippen LogP contribution in [0, 0.1) is 0 Å². The number of para-hydroxylation sites is 2. The Morgan fingerprint density at radius 2 is 1.64 bits per heavy atom. The van der Waals surface area contributed by atoms with Crippen LogP contribution in [0.15, 0.2) is 48.5 Å². The Kier molecular flexibility index (Phi) is 4.94. The molecule has 25 heavy (non-hydrogen) atoms. The average Bonchev–Trinajstić information content (AvgIpc) is 2.62. The molecule has 1 heterocycles. The molecular formula is C18H17F3N2O2. The molecule has 2 aromatic carbocycles. The first-order valence-electron chi connectivity index (χ1n) is 7.86. The number of carbonyl (C=O) groups excluding carboxylic acids is 1. The van der Waals surface area contributed by atoms with Crippen LogP contribution in [0.4, 0.5) is 24.5 Å². The summed E-state index contributed by atoms with van der Waals surface area (Å²) in [6.07, 6.45) is -4.59. The van der Waals surface area contributed by atoms with Crippen molar-refractivity contribution in [2.45, 2.75) is 6.18 Å². The fourth-order valence-electron chi connectivity index (χ4n) is 2.78. The first-order valence-corrected chi connectivity index (χ1v) is 7.86. The van der Waals surface area contributed by atoms with Gasteiger partial charge in [0.1, 0.15) is 0 Å². The SMILES string of the molecule is O=C(Nc1ccccc1N1CCOCC1)c1ccccc1C(F)(F)F. The van der Waals surface area contributed by atoms with Gasteiger partial charge in [0.15, 0.2) is 0 Å². The topological polar surface area (TPSA) is 41.6 Å². The molecule has 0 bridgehead atoms. The van der Waals surface area contributed by atoms with E-state index in [0.717, 1.165) is 11.8 Å². The van der Waals surface area contributed by atoms with Crippen molar-refractivity contribution in [3.05, 3.63) is 59.7 Å². The van der Waals surface area contributed by atoms with Crippen LogP contribution in [0.25, 0.3) is 0 Å². The van der Waals surface area contributed by atoms with Crippen LogP contribution in [0.2, 0.25) is 0 Å². The fraction of sp³-hybridized carbons (Fsp3) is 0.278. The standard InChI is InChI=1S/C18H17F3N2O2/c19-18(20,21)14-6-2-1-5-13(14)17(24)22-15-7-3-4-8-16(15)23-9-11-25-12-10-23/h1-8H,9-12H2,(H,22,24). The van der Waals surface area contributed by atoms with Gasteiger partial charge in [0.05, 0.1) is 35.7 Å². The van der Waals surface area contributed by atoms with E-state index in [9.17, 15) is 18.0 Å². The van der Waals surface area contributed by atoms with Crippen LogP contribution in [-0.2, 0) is 10.9 Å². The molecular weight excluding hydrogens is 333 g/mol. The molecule has 132 valence electrons. The fourth-order valence-corrected chi connectivity index (χ4v) is 2.78. The average molecular weight is 350 g/mol. The van der Waals surface area contributed by atoms with Crippen molar-refractivity contribution in [1.82, 2.24) is 0 Å². The molecule has 2 aromatic rings. The van der Waals surface area contributed by atoms with E-state index >= 15 is 0 Å². The number of benzene rings is 2. The monoisotopic (exact) mass is 350 g/mol. The summed E-state index contributed by atoms with van der Waals surface area (Å²) in [7, 11) is 0. The Morgan fingerprint density at radius 1 is 1.00 bits per heavy atom. The number of ether oxygens (including phenoxy) is 1. The van der Waals surface area contributed by atoms with E-state index in [0.29, 0.717) is 32.0 Å². The zero-order valence-electron chi connectivity index (χ0n) is 13.3. The molecule has 1 saturated heterocycles. The molecule has 0 unspecified atom stereocenters. The molecule has 1 N–H and O–H groups in total. The second-order valence-electron chi connectivity index (χ2n) is 5.61. The van der Waals surface area contributed by atoms with E-state index < -0.39 is 23.2 Å². The zero-order chi connectivity index (χ0) is 17.9. The number of halogens is 3. The van der Waals surface area contributed by atoms with Crippen LogP contribution in [0.1, 0.15) is 15.9 Å². The van der Waals surface area contributed by atoms with Crippen LogP contribution >= 0.6 is 0 Å². The first-order chi connectivity index (χ1) is 12.0. The van der Waals surface area contributed by atoms with Gasteiger partial charge in [-0.2, -0.15) is 13.2 Å². The summed E-state index contributed by atoms with van der Waals surface area (Å²) >= 11 is 0. The molecule has 0 spiro atoms. The molecule has 0 aliphatic carbocycles. The Bertz CT molecular complexity index is 756. The maximum atomic E-state index is 13.1. The molecule has 1 amide bonds. The largest absolute Gasteiger partial charge is 0.417 e. The Morgan fingerprint density at radius 3 is 2.36 bits per heavy atom. The molecule has 1 aliphatic rings. The van der Waals surface area contributed by atoms with Crippen LogP contribution in [-0.4, -0.2) is 32.2 Å². The third kappa shape index (κ3) is 3.93. The van der Waals surface area contributed by atoms with Crippen molar-refractivity contribution >= 4 is 17.3 Å². The number of carbonyl (C=O) groups is 1. The lowest BCUT2D eigenvalue weighted by Crippen LogP contribution is -2.36. The van der Waals surface area contributed by atoms with Crippen molar-refractivity contribution < 1.29 is 22.7 Å². The van der Waals surface area contributed by atoms with E-state index in [1.165, 1.54) is 18.2 Å². The van der Waals surface area contributed by atoms with E-state index in [2.05, 4.69) is 5.32 Å². The van der Waals surface area contributed by atoms with Crippen molar-refractivity contribution in [1.29, 1.82) is 0 Å². The number of morpholine rings is 1. The number of alkyl halides is 3. The molecule has 3 rings (SSSR count). The third-order valence-corrected chi connectivity index (χ3v) is 3.98. The second kappa shape index (κ2) is 7.14. The molecule has 0 saturated carbocycles. The number of nitrogens with one attached hydrogen (secondary N) is 1. The van der Waals surface area contributed by atoms with Crippen LogP contribution in [0.5, 0.6) is 0 Å². The van der Waals surface area contributed by atoms with Gasteiger partial charge in [0.2, 0.25) is 0 Å². The number of anilines is 2. The molecule has 0 atom stereocenters. The highest BCUT2D eigenvalue weighted by Crippen LogP contribution is 2.33. The minimum Gasteiger partial charge on any atom is -0.378 e. The molecule has 7 heteroatoms. The lowest BCUT2D eigenvalue weighted by atomic mass is 10.1. The number of rotatable bonds is 3. The molecule has 1 aliphatic heterocycles. The van der Waals surface area contributed by atoms with Gasteiger partial charge < -0.3 is 15.0 Å². The van der Waals surface area contributed by atoms with Gasteiger partial charge in [0.25, 0.3) is 5.91 Å². The highest BCUT2D eigenvalue weighted by Gasteiger charge is 2.35. The summed E-state index contributed by atoms with van der Waals surface area (Å²) < 4.78 is 44.7. The highest BCUT2D eigenvalue weighted by atomic mass is 19.4. The Balaban J connectivity index is 1.88. The molecule has 1 fully saturated rings. The Hall–Kier alpha value is -2.54. The third-order valence-electron chi connectivity index (χ3n) is 3.98. The maximum absolute atomic E-state index is 13.1. The normalized spacial score (nSPS) is 15.1. The highest BCUT2D eigenvalue weighted by molar-refractivity contribution is 6.07. The van der Waals surface area contributed by atoms with Crippen molar-refractivity contribution in [2.24, 2.45) is 0 Å². The summed E-state index contributed by atoms with van der Waals surface area (Å²) in [6.45, 7) is 2.45. The lowest BCUT2D eigenvalue weighted by Gasteiger charge is -2.30. The molecule has 4 nitrogen and oxygen atoms in total. The van der Waals surface area contributed by atoms with Crippen molar-refractivity contribution in [2.75, 3.05) is 36.5 Å². The quantitative estimate of drug-likeness (QED) is 0.916. The smallest absolute Gasteiger partial charge is 0.378 e. The van der Waals surface area contributed by atoms with E-state index in [4.69, 9.17) is 4.74 Å². The predicted molar refractivity (Wildman–Crippen MR) is 88.9 cm³/mol. The number of nitrogens with zero attached hydrogens (tertiary/aromatic N) is 1. The second-order valence-corrected chi connectivity index (χ2v) is 5.61. The van der Waals surface area contributed by atoms with Crippen molar-refractivity contribution in [3.63, 3.8) is 0 Å². The zero-order valence-corrected chi connectivity index (χ0v) is 13.3. The van der Waals surface area contributed by atoms with Gasteiger partial charge in [-0.05, 0) is 24.3 Å². The summed E-state index contributed by atoms with van der Waals surface area (Å²) in [6, 6.07) is 11.8. The number of hydrogen-bond acceptors (Lipinski definition) is 3. The minimum absolute atomic E-state index is 0.396. The van der Waals surface area contributed by atoms with E-state index in [-0.39, 0.29) is 0 Å². The van der Waals surface area contributed by atoms with Crippen molar-refractivity contribution in [3.8, 4) is 0 Å². The van der Waals surface area contributed by atoms with Gasteiger partial charge in [-0.25, -0.2) is 0 Å². The number of amides is 1. The summed E-state index contributed by atoms with van der Waals surface area (Å²) in [4.78, 5) is 14.5. The number of hydrogen-bond donors (Lipinski definition) is 1. The summed E-state index contributed by atoms with van der Waals surface area (Å²) in [5.41, 5.74) is -0.0989. The van der Waals surface area contributed by atoms with E-state index in [1.54, 1.807) is 12.1 Å². The lowest BCUT2D eigenvalue weighted by molar-refractivity contribution is -0.137. The Labute approximate surface area is 143 Å². The summed E-state index contributed by atoms with van der Waals surface area (Å²) in [5, 5.41) is 2.62. The minimum atomic E-state index is -4.59. The molecule has 0 aromatic heterocycles. The maximum Gasteiger partial charge on any atom is 0.417 e. The van der Waals surface area contributed by atoms with Gasteiger partial charge in [-0.3, -0.25) is 4.79 Å². The van der Waals surface area contributed by atoms with Gasteiger partial charge in [-0.15, -0.1) is 0 Å². The van der Waals surface area contributed by atoms with E-state index in [1.807, 2.05) is 17.0 Å². The predicted octanol–water partition coefficient (Wildman–Crippen LogP) is 3.79. The van der Waals surface area contributed by atoms with Crippen LogP contribution in [0.3, 0.4) is 0 Å². The van der Waals surface area contributed by atoms with Gasteiger partial charge >= 0.3 is 6.18 Å².